The number of nitrogens with one attached hydrogen (secondary N) is 2. The molecule has 2 aliphatic rings. The van der Waals surface area contributed by atoms with Crippen molar-refractivity contribution in [3.8, 4) is 0 Å². The number of hydrogen-bond acceptors (Lipinski definition) is 10. The maximum absolute atomic E-state index is 9.97. The highest BCUT2D eigenvalue weighted by Crippen LogP contribution is 2.19. The van der Waals surface area contributed by atoms with Gasteiger partial charge in [0.05, 0.1) is 37.9 Å². The highest BCUT2D eigenvalue weighted by atomic mass is 16.6. The molecule has 0 aliphatic carbocycles. The molecule has 8 N–H and O–H groups in total. The zero-order valence-electron chi connectivity index (χ0n) is 11.2. The molecule has 21 heavy (non-hydrogen) atoms. The highest BCUT2D eigenvalue weighted by molar-refractivity contribution is 5.81. The summed E-state index contributed by atoms with van der Waals surface area (Å²) in [6, 6.07) is -1.54. The zero-order valence-corrected chi connectivity index (χ0v) is 11.2. The van der Waals surface area contributed by atoms with Crippen LogP contribution in [0.3, 0.4) is 0 Å². The minimum Gasteiger partial charge on any atom is -0.394 e. The number of aliphatic hydroxyl groups excluding tert-OH is 6. The van der Waals surface area contributed by atoms with E-state index in [0.717, 1.165) is 0 Å². The van der Waals surface area contributed by atoms with Gasteiger partial charge in [0.2, 0.25) is 0 Å². The van der Waals surface area contributed by atoms with Crippen LogP contribution in [0.5, 0.6) is 0 Å². The molecule has 0 aromatic carbocycles. The third-order valence-electron chi connectivity index (χ3n) is 3.63. The Morgan fingerprint density at radius 3 is 2.48 bits per heavy atom. The molecular formula is C11H21N3O7. The normalized spacial score (nSPS) is 43.9. The second kappa shape index (κ2) is 6.83. The van der Waals surface area contributed by atoms with Gasteiger partial charge >= 0.3 is 0 Å². The van der Waals surface area contributed by atoms with E-state index in [0.29, 0.717) is 0 Å². The van der Waals surface area contributed by atoms with Crippen LogP contribution >= 0.6 is 0 Å². The Kier molecular flexibility index (Phi) is 5.32. The van der Waals surface area contributed by atoms with Gasteiger partial charge < -0.3 is 46.0 Å². The second-order valence-corrected chi connectivity index (χ2v) is 5.09. The van der Waals surface area contributed by atoms with E-state index in [1.807, 2.05) is 0 Å². The van der Waals surface area contributed by atoms with Crippen molar-refractivity contribution >= 4 is 5.96 Å². The molecule has 0 radical (unpaired) electrons. The minimum atomic E-state index is -1.59. The van der Waals surface area contributed by atoms with Crippen molar-refractivity contribution in [1.29, 1.82) is 0 Å². The molecule has 0 spiro atoms. The number of ether oxygens (including phenoxy) is 1. The van der Waals surface area contributed by atoms with E-state index >= 15 is 0 Å². The molecule has 2 aliphatic heterocycles. The van der Waals surface area contributed by atoms with Gasteiger partial charge in [-0.15, -0.1) is 0 Å². The summed E-state index contributed by atoms with van der Waals surface area (Å²) < 4.78 is 5.00. The number of rotatable bonds is 3. The van der Waals surface area contributed by atoms with Crippen LogP contribution in [0.2, 0.25) is 0 Å². The molecule has 0 unspecified atom stereocenters. The third-order valence-corrected chi connectivity index (χ3v) is 3.63. The number of aliphatic hydroxyl groups is 6. The first-order valence-corrected chi connectivity index (χ1v) is 6.65. The molecule has 2 heterocycles. The SMILES string of the molecule is OC[C@H]1NC(N[C@H]2[C@H](O)[C@@H](O)[C@@H](O)O[C@@H]2CO)=NC[C@H]1O. The fourth-order valence-corrected chi connectivity index (χ4v) is 2.32. The third kappa shape index (κ3) is 3.43. The lowest BCUT2D eigenvalue weighted by Crippen LogP contribution is -2.67. The summed E-state index contributed by atoms with van der Waals surface area (Å²) in [6.07, 6.45) is -6.32. The molecule has 0 amide bonds. The van der Waals surface area contributed by atoms with Gasteiger partial charge in [-0.25, -0.2) is 0 Å². The first-order valence-electron chi connectivity index (χ1n) is 6.65. The van der Waals surface area contributed by atoms with Gasteiger partial charge in [-0.05, 0) is 0 Å². The van der Waals surface area contributed by atoms with E-state index < -0.39 is 49.4 Å². The van der Waals surface area contributed by atoms with Crippen LogP contribution in [-0.4, -0.2) is 99.1 Å². The molecule has 122 valence electrons. The van der Waals surface area contributed by atoms with Crippen molar-refractivity contribution in [1.82, 2.24) is 10.6 Å². The van der Waals surface area contributed by atoms with Crippen LogP contribution in [0.15, 0.2) is 4.99 Å². The van der Waals surface area contributed by atoms with Crippen molar-refractivity contribution < 1.29 is 35.4 Å². The molecule has 1 saturated heterocycles. The molecule has 7 atom stereocenters. The summed E-state index contributed by atoms with van der Waals surface area (Å²) in [4.78, 5) is 3.99. The van der Waals surface area contributed by atoms with E-state index in [9.17, 15) is 25.5 Å². The van der Waals surface area contributed by atoms with Gasteiger partial charge in [0, 0.05) is 0 Å². The molecule has 10 heteroatoms. The van der Waals surface area contributed by atoms with Crippen molar-refractivity contribution in [2.24, 2.45) is 4.99 Å². The van der Waals surface area contributed by atoms with Crippen molar-refractivity contribution in [2.75, 3.05) is 19.8 Å². The average molecular weight is 307 g/mol. The summed E-state index contributed by atoms with van der Waals surface area (Å²) >= 11 is 0. The minimum absolute atomic E-state index is 0.0548. The Morgan fingerprint density at radius 1 is 1.14 bits per heavy atom. The lowest BCUT2D eigenvalue weighted by Gasteiger charge is -2.41. The number of aliphatic imine (C=N–C) groups is 1. The molecule has 0 aromatic rings. The average Bonchev–Trinajstić information content (AvgIpc) is 2.49. The molecule has 0 saturated carbocycles. The second-order valence-electron chi connectivity index (χ2n) is 5.09. The Morgan fingerprint density at radius 2 is 1.86 bits per heavy atom. The van der Waals surface area contributed by atoms with Crippen molar-refractivity contribution in [3.05, 3.63) is 0 Å². The van der Waals surface area contributed by atoms with Crippen LogP contribution in [0.1, 0.15) is 0 Å². The Hall–Kier alpha value is -1.01. The standard InChI is InChI=1S/C11H21N3O7/c15-2-4-5(17)1-12-11(13-4)14-7-6(3-16)21-10(20)9(19)8(7)18/h4-10,15-20H,1-3H2,(H2,12,13,14)/t4-,5-,6-,7-,8+,9-,10+/m1/s1. The summed E-state index contributed by atoms with van der Waals surface area (Å²) in [7, 11) is 0. The monoisotopic (exact) mass is 307 g/mol. The zero-order chi connectivity index (χ0) is 15.6. The van der Waals surface area contributed by atoms with Crippen LogP contribution in [0, 0.1) is 0 Å². The molecular weight excluding hydrogens is 286 g/mol. The smallest absolute Gasteiger partial charge is 0.192 e. The number of nitrogens with zero attached hydrogens (tertiary/aromatic N) is 1. The Labute approximate surface area is 120 Å². The molecule has 10 nitrogen and oxygen atoms in total. The highest BCUT2D eigenvalue weighted by Gasteiger charge is 2.44. The quantitative estimate of drug-likeness (QED) is 0.255. The predicted molar refractivity (Wildman–Crippen MR) is 69.2 cm³/mol. The number of guanidine groups is 1. The molecule has 1 fully saturated rings. The van der Waals surface area contributed by atoms with Crippen molar-refractivity contribution in [2.45, 2.75) is 42.8 Å². The fourth-order valence-electron chi connectivity index (χ4n) is 2.32. The molecule has 0 aromatic heterocycles. The van der Waals surface area contributed by atoms with Crippen LogP contribution < -0.4 is 10.6 Å². The first-order chi connectivity index (χ1) is 9.97. The fraction of sp³-hybridized carbons (Fsp3) is 0.909. The van der Waals surface area contributed by atoms with Gasteiger partial charge in [-0.1, -0.05) is 0 Å². The summed E-state index contributed by atoms with van der Waals surface area (Å²) in [5.41, 5.74) is 0. The molecule has 0 bridgehead atoms. The first kappa shape index (κ1) is 16.4. The van der Waals surface area contributed by atoms with E-state index in [-0.39, 0.29) is 19.1 Å². The van der Waals surface area contributed by atoms with Gasteiger partial charge in [0.25, 0.3) is 0 Å². The van der Waals surface area contributed by atoms with Crippen LogP contribution in [0.25, 0.3) is 0 Å². The lowest BCUT2D eigenvalue weighted by molar-refractivity contribution is -0.260. The van der Waals surface area contributed by atoms with E-state index in [1.165, 1.54) is 0 Å². The summed E-state index contributed by atoms with van der Waals surface area (Å²) in [6.45, 7) is -0.743. The number of hydrogen-bond donors (Lipinski definition) is 8. The van der Waals surface area contributed by atoms with Crippen molar-refractivity contribution in [3.63, 3.8) is 0 Å². The van der Waals surface area contributed by atoms with E-state index in [2.05, 4.69) is 15.6 Å². The summed E-state index contributed by atoms with van der Waals surface area (Å²) in [5, 5.41) is 62.4. The van der Waals surface area contributed by atoms with Gasteiger partial charge in [-0.3, -0.25) is 4.99 Å². The Bertz CT molecular complexity index is 381. The Balaban J connectivity index is 2.06. The molecule has 2 rings (SSSR count). The largest absolute Gasteiger partial charge is 0.394 e. The van der Waals surface area contributed by atoms with Gasteiger partial charge in [-0.2, -0.15) is 0 Å². The van der Waals surface area contributed by atoms with E-state index in [1.54, 1.807) is 0 Å². The maximum atomic E-state index is 9.97. The topological polar surface area (TPSA) is 167 Å². The van der Waals surface area contributed by atoms with Gasteiger partial charge in [0.15, 0.2) is 12.2 Å². The lowest BCUT2D eigenvalue weighted by atomic mass is 9.96. The van der Waals surface area contributed by atoms with Gasteiger partial charge in [0.1, 0.15) is 18.3 Å². The summed E-state index contributed by atoms with van der Waals surface area (Å²) in [5.74, 6) is 0.189. The van der Waals surface area contributed by atoms with E-state index in [4.69, 9.17) is 9.84 Å². The van der Waals surface area contributed by atoms with Crippen LogP contribution in [-0.2, 0) is 4.74 Å². The maximum Gasteiger partial charge on any atom is 0.192 e. The predicted octanol–water partition coefficient (Wildman–Crippen LogP) is -4.94. The van der Waals surface area contributed by atoms with Crippen LogP contribution in [0.4, 0.5) is 0 Å².